The van der Waals surface area contributed by atoms with Gasteiger partial charge in [-0.2, -0.15) is 0 Å². The number of aromatic nitrogens is 4. The molecule has 1 fully saturated rings. The topological polar surface area (TPSA) is 119 Å². The molecule has 3 aromatic rings. The lowest BCUT2D eigenvalue weighted by Gasteiger charge is -2.10. The van der Waals surface area contributed by atoms with E-state index in [-0.39, 0.29) is 5.91 Å². The quantitative estimate of drug-likeness (QED) is 0.439. The summed E-state index contributed by atoms with van der Waals surface area (Å²) in [6.07, 6.45) is 9.13. The fourth-order valence-corrected chi connectivity index (χ4v) is 4.17. The summed E-state index contributed by atoms with van der Waals surface area (Å²) in [6.45, 7) is 2.35. The summed E-state index contributed by atoms with van der Waals surface area (Å²) >= 11 is 0. The van der Waals surface area contributed by atoms with E-state index in [4.69, 9.17) is 5.41 Å². The van der Waals surface area contributed by atoms with E-state index in [1.165, 1.54) is 25.4 Å². The Kier molecular flexibility index (Phi) is 6.06. The number of nitrogens with zero attached hydrogens (tertiary/aromatic N) is 3. The molecular formula is C23H27N7O. The molecular weight excluding hydrogens is 390 g/mol. The average molecular weight is 418 g/mol. The molecule has 0 atom stereocenters. The van der Waals surface area contributed by atoms with E-state index >= 15 is 0 Å². The van der Waals surface area contributed by atoms with E-state index in [2.05, 4.69) is 30.6 Å². The van der Waals surface area contributed by atoms with Gasteiger partial charge in [-0.1, -0.05) is 30.5 Å². The minimum absolute atomic E-state index is 0.268. The van der Waals surface area contributed by atoms with Crippen molar-refractivity contribution in [2.24, 2.45) is 0 Å². The number of amides is 1. The first kappa shape index (κ1) is 20.7. The zero-order valence-corrected chi connectivity index (χ0v) is 17.8. The summed E-state index contributed by atoms with van der Waals surface area (Å²) in [5.41, 5.74) is 5.15. The molecule has 1 aromatic carbocycles. The second kappa shape index (κ2) is 9.07. The molecule has 8 heteroatoms. The maximum atomic E-state index is 12.9. The molecule has 0 unspecified atom stereocenters. The van der Waals surface area contributed by atoms with E-state index in [1.807, 2.05) is 25.1 Å². The maximum absolute atomic E-state index is 12.9. The fourth-order valence-electron chi connectivity index (χ4n) is 4.17. The lowest BCUT2D eigenvalue weighted by molar-refractivity contribution is 0.0947. The summed E-state index contributed by atoms with van der Waals surface area (Å²) < 4.78 is 0. The fraction of sp³-hybridized carbons (Fsp3) is 0.348. The van der Waals surface area contributed by atoms with E-state index < -0.39 is 0 Å². The van der Waals surface area contributed by atoms with Crippen LogP contribution in [0.25, 0.3) is 16.7 Å². The Hall–Kier alpha value is -3.55. The summed E-state index contributed by atoms with van der Waals surface area (Å²) in [4.78, 5) is 29.3. The number of hydrogen-bond donors (Lipinski definition) is 4. The van der Waals surface area contributed by atoms with E-state index in [1.54, 1.807) is 13.2 Å². The first-order chi connectivity index (χ1) is 15.1. The minimum Gasteiger partial charge on any atom is -0.393 e. The van der Waals surface area contributed by atoms with E-state index in [0.717, 1.165) is 40.9 Å². The van der Waals surface area contributed by atoms with Crippen LogP contribution in [0.15, 0.2) is 30.7 Å². The first-order valence-electron chi connectivity index (χ1n) is 10.6. The van der Waals surface area contributed by atoms with Gasteiger partial charge in [0.05, 0.1) is 0 Å². The van der Waals surface area contributed by atoms with Crippen LogP contribution in [0.1, 0.15) is 64.6 Å². The first-order valence-corrected chi connectivity index (χ1v) is 10.6. The highest BCUT2D eigenvalue weighted by atomic mass is 16.1. The maximum Gasteiger partial charge on any atom is 0.272 e. The molecule has 1 aliphatic rings. The summed E-state index contributed by atoms with van der Waals surface area (Å²) in [7, 11) is 1.80. The SMILES string of the molecule is CN/C=C(\C=N)c1cc(C)cc(CNC(=O)c2ncnc3nc(C4CCCC4)[nH]c23)c1. The van der Waals surface area contributed by atoms with Crippen molar-refractivity contribution in [3.63, 3.8) is 0 Å². The van der Waals surface area contributed by atoms with Crippen molar-refractivity contribution in [2.75, 3.05) is 7.05 Å². The van der Waals surface area contributed by atoms with Crippen molar-refractivity contribution < 1.29 is 4.79 Å². The molecule has 31 heavy (non-hydrogen) atoms. The average Bonchev–Trinajstić information content (AvgIpc) is 3.44. The number of benzene rings is 1. The predicted molar refractivity (Wildman–Crippen MR) is 121 cm³/mol. The molecule has 2 aromatic heterocycles. The van der Waals surface area contributed by atoms with Crippen LogP contribution in [0.5, 0.6) is 0 Å². The molecule has 1 saturated carbocycles. The Morgan fingerprint density at radius 2 is 2.06 bits per heavy atom. The number of imidazole rings is 1. The van der Waals surface area contributed by atoms with Gasteiger partial charge in [0.1, 0.15) is 17.7 Å². The summed E-state index contributed by atoms with van der Waals surface area (Å²) in [6, 6.07) is 6.02. The largest absolute Gasteiger partial charge is 0.393 e. The molecule has 2 heterocycles. The number of carbonyl (C=O) groups excluding carboxylic acids is 1. The Morgan fingerprint density at radius 3 is 2.81 bits per heavy atom. The second-order valence-corrected chi connectivity index (χ2v) is 7.95. The highest BCUT2D eigenvalue weighted by molar-refractivity contribution is 6.08. The molecule has 4 N–H and O–H groups in total. The Bertz CT molecular complexity index is 1140. The number of fused-ring (bicyclic) bond motifs is 1. The molecule has 0 radical (unpaired) electrons. The van der Waals surface area contributed by atoms with Crippen LogP contribution in [-0.2, 0) is 6.54 Å². The van der Waals surface area contributed by atoms with Crippen molar-refractivity contribution in [2.45, 2.75) is 45.1 Å². The number of nitrogens with one attached hydrogen (secondary N) is 4. The van der Waals surface area contributed by atoms with Crippen molar-refractivity contribution >= 4 is 28.9 Å². The lowest BCUT2D eigenvalue weighted by atomic mass is 10.0. The van der Waals surface area contributed by atoms with Gasteiger partial charge >= 0.3 is 0 Å². The van der Waals surface area contributed by atoms with Gasteiger partial charge in [-0.25, -0.2) is 15.0 Å². The van der Waals surface area contributed by atoms with Gasteiger partial charge < -0.3 is 21.0 Å². The second-order valence-electron chi connectivity index (χ2n) is 7.95. The number of hydrogen-bond acceptors (Lipinski definition) is 6. The van der Waals surface area contributed by atoms with Crippen LogP contribution in [0.4, 0.5) is 0 Å². The van der Waals surface area contributed by atoms with Crippen molar-refractivity contribution in [3.05, 3.63) is 58.9 Å². The van der Waals surface area contributed by atoms with Crippen LogP contribution in [-0.4, -0.2) is 39.1 Å². The van der Waals surface area contributed by atoms with Crippen LogP contribution in [0, 0.1) is 12.3 Å². The van der Waals surface area contributed by atoms with Crippen LogP contribution < -0.4 is 10.6 Å². The number of allylic oxidation sites excluding steroid dienone is 1. The van der Waals surface area contributed by atoms with Crippen LogP contribution >= 0.6 is 0 Å². The van der Waals surface area contributed by atoms with Gasteiger partial charge in [-0.3, -0.25) is 4.79 Å². The normalized spacial score (nSPS) is 14.7. The summed E-state index contributed by atoms with van der Waals surface area (Å²) in [5.74, 6) is 1.04. The number of carbonyl (C=O) groups is 1. The van der Waals surface area contributed by atoms with Gasteiger partial charge in [0, 0.05) is 37.5 Å². The van der Waals surface area contributed by atoms with Gasteiger partial charge in [-0.05, 0) is 37.0 Å². The third-order valence-electron chi connectivity index (χ3n) is 5.64. The molecule has 1 amide bonds. The summed E-state index contributed by atoms with van der Waals surface area (Å²) in [5, 5.41) is 13.6. The van der Waals surface area contributed by atoms with Crippen molar-refractivity contribution in [1.29, 1.82) is 5.41 Å². The number of aryl methyl sites for hydroxylation is 1. The van der Waals surface area contributed by atoms with E-state index in [0.29, 0.717) is 29.3 Å². The zero-order valence-electron chi connectivity index (χ0n) is 17.8. The van der Waals surface area contributed by atoms with Gasteiger partial charge in [0.15, 0.2) is 11.3 Å². The van der Waals surface area contributed by atoms with Crippen molar-refractivity contribution in [1.82, 2.24) is 30.6 Å². The third-order valence-corrected chi connectivity index (χ3v) is 5.64. The number of H-pyrrole nitrogens is 1. The van der Waals surface area contributed by atoms with Crippen molar-refractivity contribution in [3.8, 4) is 0 Å². The molecule has 8 nitrogen and oxygen atoms in total. The Balaban J connectivity index is 1.54. The van der Waals surface area contributed by atoms with Gasteiger partial charge in [0.2, 0.25) is 0 Å². The molecule has 160 valence electrons. The highest BCUT2D eigenvalue weighted by Gasteiger charge is 2.23. The van der Waals surface area contributed by atoms with Gasteiger partial charge in [-0.15, -0.1) is 0 Å². The molecule has 1 aliphatic carbocycles. The predicted octanol–water partition coefficient (Wildman–Crippen LogP) is 3.46. The van der Waals surface area contributed by atoms with Crippen LogP contribution in [0.3, 0.4) is 0 Å². The highest BCUT2D eigenvalue weighted by Crippen LogP contribution is 2.33. The standard InChI is InChI=1S/C23H27N7O/c1-14-7-15(9-17(8-14)18(10-24)12-25-2)11-26-23(31)20-19-22(28-13-27-20)30-21(29-19)16-5-3-4-6-16/h7-10,12-13,16,24-25H,3-6,11H2,1-2H3,(H,26,31)(H,27,28,29,30)/b18-12+,24-10?. The molecule has 0 aliphatic heterocycles. The monoisotopic (exact) mass is 417 g/mol. The third kappa shape index (κ3) is 4.47. The zero-order chi connectivity index (χ0) is 21.8. The molecule has 0 bridgehead atoms. The minimum atomic E-state index is -0.268. The smallest absolute Gasteiger partial charge is 0.272 e. The van der Waals surface area contributed by atoms with Gasteiger partial charge in [0.25, 0.3) is 5.91 Å². The number of rotatable bonds is 7. The Morgan fingerprint density at radius 1 is 1.26 bits per heavy atom. The molecule has 0 spiro atoms. The lowest BCUT2D eigenvalue weighted by Crippen LogP contribution is -2.24. The molecule has 0 saturated heterocycles. The molecule has 4 rings (SSSR count). The van der Waals surface area contributed by atoms with E-state index in [9.17, 15) is 4.79 Å². The Labute approximate surface area is 181 Å². The number of aromatic amines is 1. The van der Waals surface area contributed by atoms with Crippen LogP contribution in [0.2, 0.25) is 0 Å².